The molecule has 1 amide bonds. The Bertz CT molecular complexity index is 1280. The number of piperazine rings is 1. The van der Waals surface area contributed by atoms with Crippen LogP contribution in [0.25, 0.3) is 0 Å². The first-order valence-corrected chi connectivity index (χ1v) is 12.1. The molecule has 0 aromatic heterocycles. The molecule has 2 unspecified atom stereocenters. The van der Waals surface area contributed by atoms with E-state index in [2.05, 4.69) is 15.1 Å². The smallest absolute Gasteiger partial charge is 0.416 e. The SMILES string of the molecule is COc1ccccc1N1CCN2c3ccc(C(F)(F)F)cc3CC(C(=O)NCc3ccc(F)cc3)C2C1. The fourth-order valence-corrected chi connectivity index (χ4v) is 5.33. The highest BCUT2D eigenvalue weighted by atomic mass is 19.4. The molecule has 3 aromatic carbocycles. The number of hydrogen-bond donors (Lipinski definition) is 1. The van der Waals surface area contributed by atoms with Gasteiger partial charge < -0.3 is 19.9 Å². The highest BCUT2D eigenvalue weighted by molar-refractivity contribution is 5.82. The zero-order valence-electron chi connectivity index (χ0n) is 20.3. The van der Waals surface area contributed by atoms with Crippen LogP contribution in [0.1, 0.15) is 16.7 Å². The third-order valence-corrected chi connectivity index (χ3v) is 7.18. The lowest BCUT2D eigenvalue weighted by molar-refractivity contribution is -0.137. The Kier molecular flexibility index (Phi) is 6.70. The number of fused-ring (bicyclic) bond motifs is 3. The summed E-state index contributed by atoms with van der Waals surface area (Å²) in [7, 11) is 1.61. The molecule has 0 saturated carbocycles. The van der Waals surface area contributed by atoms with Gasteiger partial charge >= 0.3 is 6.18 Å². The van der Waals surface area contributed by atoms with E-state index in [1.54, 1.807) is 19.2 Å². The molecule has 1 fully saturated rings. The van der Waals surface area contributed by atoms with E-state index in [0.29, 0.717) is 25.2 Å². The van der Waals surface area contributed by atoms with Gasteiger partial charge in [-0.1, -0.05) is 24.3 Å². The van der Waals surface area contributed by atoms with Crippen molar-refractivity contribution in [2.24, 2.45) is 5.92 Å². The summed E-state index contributed by atoms with van der Waals surface area (Å²) in [6.45, 7) is 1.88. The van der Waals surface area contributed by atoms with Crippen molar-refractivity contribution in [1.29, 1.82) is 0 Å². The first kappa shape index (κ1) is 24.9. The van der Waals surface area contributed by atoms with Crippen LogP contribution in [0.5, 0.6) is 5.75 Å². The lowest BCUT2D eigenvalue weighted by atomic mass is 9.82. The number of carbonyl (C=O) groups excluding carboxylic acids is 1. The van der Waals surface area contributed by atoms with E-state index >= 15 is 0 Å². The van der Waals surface area contributed by atoms with E-state index in [-0.39, 0.29) is 30.7 Å². The molecule has 9 heteroatoms. The largest absolute Gasteiger partial charge is 0.495 e. The molecule has 0 bridgehead atoms. The van der Waals surface area contributed by atoms with Crippen LogP contribution in [0.15, 0.2) is 66.7 Å². The number of benzene rings is 3. The maximum absolute atomic E-state index is 13.5. The van der Waals surface area contributed by atoms with Crippen molar-refractivity contribution in [2.45, 2.75) is 25.2 Å². The predicted molar refractivity (Wildman–Crippen MR) is 133 cm³/mol. The summed E-state index contributed by atoms with van der Waals surface area (Å²) in [5, 5.41) is 2.92. The van der Waals surface area contributed by atoms with Crippen molar-refractivity contribution in [3.8, 4) is 5.75 Å². The van der Waals surface area contributed by atoms with Crippen LogP contribution in [0, 0.1) is 11.7 Å². The Hall–Kier alpha value is -3.75. The van der Waals surface area contributed by atoms with Crippen molar-refractivity contribution in [3.63, 3.8) is 0 Å². The summed E-state index contributed by atoms with van der Waals surface area (Å²) in [4.78, 5) is 17.7. The van der Waals surface area contributed by atoms with Gasteiger partial charge in [-0.05, 0) is 60.0 Å². The minimum atomic E-state index is -4.46. The number of hydrogen-bond acceptors (Lipinski definition) is 4. The summed E-state index contributed by atoms with van der Waals surface area (Å²) in [6, 6.07) is 17.0. The van der Waals surface area contributed by atoms with Crippen molar-refractivity contribution in [3.05, 3.63) is 89.2 Å². The molecular weight excluding hydrogens is 486 g/mol. The molecular formula is C28H27F4N3O2. The van der Waals surface area contributed by atoms with Crippen LogP contribution in [-0.2, 0) is 23.9 Å². The van der Waals surface area contributed by atoms with Gasteiger partial charge in [0.25, 0.3) is 0 Å². The number of nitrogens with zero attached hydrogens (tertiary/aromatic N) is 2. The second-order valence-corrected chi connectivity index (χ2v) is 9.37. The number of alkyl halides is 3. The summed E-state index contributed by atoms with van der Waals surface area (Å²) >= 11 is 0. The molecule has 1 N–H and O–H groups in total. The molecule has 2 aliphatic rings. The third-order valence-electron chi connectivity index (χ3n) is 7.18. The standard InChI is InChI=1S/C28H27F4N3O2/c1-37-26-5-3-2-4-24(26)34-12-13-35-23-11-8-20(28(30,31)32)14-19(23)15-22(25(35)17-34)27(36)33-16-18-6-9-21(29)10-7-18/h2-11,14,22,25H,12-13,15-17H2,1H3,(H,33,36). The van der Waals surface area contributed by atoms with Gasteiger partial charge in [-0.3, -0.25) is 4.79 Å². The van der Waals surface area contributed by atoms with E-state index in [1.807, 2.05) is 24.3 Å². The van der Waals surface area contributed by atoms with Gasteiger partial charge in [0.15, 0.2) is 0 Å². The number of anilines is 2. The van der Waals surface area contributed by atoms with Crippen LogP contribution < -0.4 is 19.9 Å². The van der Waals surface area contributed by atoms with E-state index < -0.39 is 17.7 Å². The minimum Gasteiger partial charge on any atom is -0.495 e. The van der Waals surface area contributed by atoms with Gasteiger partial charge in [0.05, 0.1) is 30.3 Å². The van der Waals surface area contributed by atoms with Crippen molar-refractivity contribution in [2.75, 3.05) is 36.5 Å². The molecule has 0 aliphatic carbocycles. The van der Waals surface area contributed by atoms with Gasteiger partial charge in [0.2, 0.25) is 5.91 Å². The highest BCUT2D eigenvalue weighted by Crippen LogP contribution is 2.41. The topological polar surface area (TPSA) is 44.8 Å². The molecule has 2 heterocycles. The molecule has 5 rings (SSSR count). The number of rotatable bonds is 5. The van der Waals surface area contributed by atoms with E-state index in [0.717, 1.165) is 28.8 Å². The Balaban J connectivity index is 1.45. The van der Waals surface area contributed by atoms with Crippen LogP contribution in [0.3, 0.4) is 0 Å². The monoisotopic (exact) mass is 513 g/mol. The van der Waals surface area contributed by atoms with Gasteiger partial charge in [0, 0.05) is 31.9 Å². The maximum Gasteiger partial charge on any atom is 0.416 e. The van der Waals surface area contributed by atoms with Crippen LogP contribution >= 0.6 is 0 Å². The summed E-state index contributed by atoms with van der Waals surface area (Å²) in [5.74, 6) is -0.466. The highest BCUT2D eigenvalue weighted by Gasteiger charge is 2.43. The van der Waals surface area contributed by atoms with Gasteiger partial charge in [0.1, 0.15) is 11.6 Å². The lowest BCUT2D eigenvalue weighted by Crippen LogP contribution is -2.61. The normalized spacial score (nSPS) is 19.2. The van der Waals surface area contributed by atoms with Gasteiger partial charge in [-0.15, -0.1) is 0 Å². The van der Waals surface area contributed by atoms with E-state index in [1.165, 1.54) is 24.3 Å². The van der Waals surface area contributed by atoms with Gasteiger partial charge in [-0.25, -0.2) is 4.39 Å². The van der Waals surface area contributed by atoms with Crippen molar-refractivity contribution >= 4 is 17.3 Å². The Morgan fingerprint density at radius 3 is 2.51 bits per heavy atom. The molecule has 0 spiro atoms. The minimum absolute atomic E-state index is 0.190. The molecule has 3 aromatic rings. The number of para-hydroxylation sites is 2. The summed E-state index contributed by atoms with van der Waals surface area (Å²) < 4.78 is 59.2. The number of carbonyl (C=O) groups is 1. The van der Waals surface area contributed by atoms with E-state index in [4.69, 9.17) is 4.74 Å². The van der Waals surface area contributed by atoms with Crippen molar-refractivity contribution < 1.29 is 27.1 Å². The zero-order valence-corrected chi connectivity index (χ0v) is 20.3. The number of ether oxygens (including phenoxy) is 1. The van der Waals surface area contributed by atoms with Gasteiger partial charge in [-0.2, -0.15) is 13.2 Å². The van der Waals surface area contributed by atoms with E-state index in [9.17, 15) is 22.4 Å². The molecule has 2 atom stereocenters. The van der Waals surface area contributed by atoms with Crippen LogP contribution in [0.2, 0.25) is 0 Å². The summed E-state index contributed by atoms with van der Waals surface area (Å²) in [6.07, 6.45) is -4.27. The van der Waals surface area contributed by atoms with Crippen LogP contribution in [-0.4, -0.2) is 38.7 Å². The molecule has 194 valence electrons. The van der Waals surface area contributed by atoms with Crippen LogP contribution in [0.4, 0.5) is 28.9 Å². The molecule has 37 heavy (non-hydrogen) atoms. The fourth-order valence-electron chi connectivity index (χ4n) is 5.33. The first-order chi connectivity index (χ1) is 17.7. The maximum atomic E-state index is 13.5. The Morgan fingerprint density at radius 2 is 1.78 bits per heavy atom. The predicted octanol–water partition coefficient (Wildman–Crippen LogP) is 5.04. The Labute approximate surface area is 212 Å². The average molecular weight is 514 g/mol. The average Bonchev–Trinajstić information content (AvgIpc) is 2.91. The number of methoxy groups -OCH3 is 1. The zero-order chi connectivity index (χ0) is 26.2. The van der Waals surface area contributed by atoms with Crippen molar-refractivity contribution in [1.82, 2.24) is 5.32 Å². The number of nitrogens with one attached hydrogen (secondary N) is 1. The Morgan fingerprint density at radius 1 is 1.03 bits per heavy atom. The second kappa shape index (κ2) is 9.95. The fraction of sp³-hybridized carbons (Fsp3) is 0.321. The number of amides is 1. The molecule has 1 saturated heterocycles. The molecule has 2 aliphatic heterocycles. The molecule has 0 radical (unpaired) electrons. The summed E-state index contributed by atoms with van der Waals surface area (Å²) in [5.41, 5.74) is 2.18. The number of halogens is 4. The lowest BCUT2D eigenvalue weighted by Gasteiger charge is -2.49. The molecule has 5 nitrogen and oxygen atoms in total. The third kappa shape index (κ3) is 5.08. The first-order valence-electron chi connectivity index (χ1n) is 12.1. The quantitative estimate of drug-likeness (QED) is 0.486. The second-order valence-electron chi connectivity index (χ2n) is 9.37.